The van der Waals surface area contributed by atoms with Crippen LogP contribution in [0.1, 0.15) is 104 Å². The van der Waals surface area contributed by atoms with E-state index < -0.39 is 18.1 Å². The second-order valence-electron chi connectivity index (χ2n) is 9.07. The average Bonchev–Trinajstić information content (AvgIpc) is 2.75. The highest BCUT2D eigenvalue weighted by molar-refractivity contribution is 8.76. The third kappa shape index (κ3) is 21.4. The molecule has 0 heterocycles. The third-order valence-electron chi connectivity index (χ3n) is 5.37. The van der Waals surface area contributed by atoms with Gasteiger partial charge in [-0.3, -0.25) is 9.59 Å². The lowest BCUT2D eigenvalue weighted by molar-refractivity contribution is -0.144. The van der Waals surface area contributed by atoms with Gasteiger partial charge in [0.1, 0.15) is 12.1 Å². The summed E-state index contributed by atoms with van der Waals surface area (Å²) in [5, 5.41) is 8.71. The monoisotopic (exact) mass is 492 g/mol. The van der Waals surface area contributed by atoms with Crippen LogP contribution in [0.5, 0.6) is 0 Å². The van der Waals surface area contributed by atoms with Crippen molar-refractivity contribution in [2.75, 3.05) is 18.1 Å². The summed E-state index contributed by atoms with van der Waals surface area (Å²) in [4.78, 5) is 22.5. The van der Waals surface area contributed by atoms with Gasteiger partial charge in [-0.2, -0.15) is 0 Å². The predicted octanol–water partition coefficient (Wildman–Crippen LogP) is 5.77. The van der Waals surface area contributed by atoms with E-state index in [1.807, 2.05) is 0 Å². The van der Waals surface area contributed by atoms with E-state index in [9.17, 15) is 9.59 Å². The second-order valence-corrected chi connectivity index (χ2v) is 11.6. The highest BCUT2D eigenvalue weighted by Gasteiger charge is 2.16. The third-order valence-corrected chi connectivity index (χ3v) is 7.84. The number of nitrogens with two attached hydrogens (primary N) is 2. The summed E-state index contributed by atoms with van der Waals surface area (Å²) in [5.74, 6) is 0.0937. The van der Waals surface area contributed by atoms with Gasteiger partial charge in [0.2, 0.25) is 0 Å². The number of aliphatic carboxylic acids is 1. The standard InChI is InChI=1S/C24H48N2O4S2/c1-20(2)16-14-12-10-8-6-4-3-5-7-9-11-13-15-17-30-24(29)22(26)19-32-31-18-21(25)23(27)28/h20-22H,3-19,25-26H2,1-2H3,(H,27,28)/t21-,22-/m0/s1. The first kappa shape index (κ1) is 31.6. The van der Waals surface area contributed by atoms with Gasteiger partial charge in [-0.15, -0.1) is 0 Å². The van der Waals surface area contributed by atoms with Crippen molar-refractivity contribution in [2.45, 2.75) is 116 Å². The fraction of sp³-hybridized carbons (Fsp3) is 0.917. The van der Waals surface area contributed by atoms with Crippen molar-refractivity contribution < 1.29 is 19.4 Å². The van der Waals surface area contributed by atoms with Crippen LogP contribution in [0.25, 0.3) is 0 Å². The summed E-state index contributed by atoms with van der Waals surface area (Å²) in [7, 11) is 2.66. The molecule has 0 aromatic rings. The van der Waals surface area contributed by atoms with Crippen LogP contribution in [0.4, 0.5) is 0 Å². The minimum Gasteiger partial charge on any atom is -0.480 e. The Hall–Kier alpha value is -0.440. The molecule has 190 valence electrons. The first-order chi connectivity index (χ1) is 15.3. The summed E-state index contributed by atoms with van der Waals surface area (Å²) >= 11 is 0. The van der Waals surface area contributed by atoms with Gasteiger partial charge < -0.3 is 21.3 Å². The van der Waals surface area contributed by atoms with Crippen LogP contribution in [0, 0.1) is 5.92 Å². The number of ether oxygens (including phenoxy) is 1. The molecule has 6 nitrogen and oxygen atoms in total. The lowest BCUT2D eigenvalue weighted by Crippen LogP contribution is -2.35. The molecule has 0 radical (unpaired) electrons. The Morgan fingerprint density at radius 3 is 1.56 bits per heavy atom. The van der Waals surface area contributed by atoms with Crippen LogP contribution in [-0.4, -0.2) is 47.2 Å². The molecular formula is C24H48N2O4S2. The molecule has 0 spiro atoms. The van der Waals surface area contributed by atoms with Crippen molar-refractivity contribution in [2.24, 2.45) is 17.4 Å². The number of carbonyl (C=O) groups is 2. The van der Waals surface area contributed by atoms with Crippen molar-refractivity contribution >= 4 is 33.5 Å². The first-order valence-electron chi connectivity index (χ1n) is 12.5. The lowest BCUT2D eigenvalue weighted by Gasteiger charge is -2.11. The molecule has 0 amide bonds. The van der Waals surface area contributed by atoms with Crippen molar-refractivity contribution in [1.82, 2.24) is 0 Å². The maximum Gasteiger partial charge on any atom is 0.323 e. The topological polar surface area (TPSA) is 116 Å². The molecular weight excluding hydrogens is 444 g/mol. The molecule has 0 aliphatic heterocycles. The van der Waals surface area contributed by atoms with Gasteiger partial charge in [0.15, 0.2) is 0 Å². The molecule has 0 aliphatic carbocycles. The lowest BCUT2D eigenvalue weighted by atomic mass is 10.0. The summed E-state index contributed by atoms with van der Waals surface area (Å²) < 4.78 is 5.23. The molecule has 0 saturated carbocycles. The minimum absolute atomic E-state index is 0.278. The summed E-state index contributed by atoms with van der Waals surface area (Å²) in [5.41, 5.74) is 11.2. The van der Waals surface area contributed by atoms with Gasteiger partial charge in [0.05, 0.1) is 6.61 Å². The van der Waals surface area contributed by atoms with Crippen LogP contribution in [-0.2, 0) is 14.3 Å². The number of unbranched alkanes of at least 4 members (excludes halogenated alkanes) is 12. The Labute approximate surface area is 204 Å². The van der Waals surface area contributed by atoms with Gasteiger partial charge in [-0.05, 0) is 12.3 Å². The van der Waals surface area contributed by atoms with Crippen molar-refractivity contribution in [3.63, 3.8) is 0 Å². The molecule has 0 saturated heterocycles. The Morgan fingerprint density at radius 2 is 1.12 bits per heavy atom. The molecule has 0 unspecified atom stereocenters. The highest BCUT2D eigenvalue weighted by Crippen LogP contribution is 2.22. The van der Waals surface area contributed by atoms with Crippen LogP contribution < -0.4 is 11.5 Å². The summed E-state index contributed by atoms with van der Waals surface area (Å²) in [6.45, 7) is 5.03. The number of esters is 1. The van der Waals surface area contributed by atoms with Gasteiger partial charge in [-0.25, -0.2) is 0 Å². The second kappa shape index (κ2) is 22.4. The van der Waals surface area contributed by atoms with Crippen molar-refractivity contribution in [1.29, 1.82) is 0 Å². The van der Waals surface area contributed by atoms with Crippen LogP contribution in [0.3, 0.4) is 0 Å². The van der Waals surface area contributed by atoms with Gasteiger partial charge in [0, 0.05) is 11.5 Å². The Morgan fingerprint density at radius 1 is 0.719 bits per heavy atom. The van der Waals surface area contributed by atoms with E-state index in [1.165, 1.54) is 98.6 Å². The van der Waals surface area contributed by atoms with Gasteiger partial charge in [0.25, 0.3) is 0 Å². The molecule has 0 fully saturated rings. The van der Waals surface area contributed by atoms with Gasteiger partial charge >= 0.3 is 11.9 Å². The van der Waals surface area contributed by atoms with E-state index in [1.54, 1.807) is 0 Å². The normalized spacial score (nSPS) is 13.3. The first-order valence-corrected chi connectivity index (χ1v) is 15.0. The Balaban J connectivity index is 3.33. The number of rotatable bonds is 23. The SMILES string of the molecule is CC(C)CCCCCCCCCCCCCCCOC(=O)[C@@H](N)CSSC[C@H](N)C(=O)O. The molecule has 8 heteroatoms. The van der Waals surface area contributed by atoms with E-state index in [-0.39, 0.29) is 11.7 Å². The van der Waals surface area contributed by atoms with E-state index in [0.717, 1.165) is 18.8 Å². The van der Waals surface area contributed by atoms with E-state index >= 15 is 0 Å². The Bertz CT molecular complexity index is 467. The summed E-state index contributed by atoms with van der Waals surface area (Å²) in [6, 6.07) is -1.58. The number of carboxylic acids is 1. The highest BCUT2D eigenvalue weighted by atomic mass is 33.1. The molecule has 0 aromatic carbocycles. The molecule has 32 heavy (non-hydrogen) atoms. The van der Waals surface area contributed by atoms with Crippen molar-refractivity contribution in [3.8, 4) is 0 Å². The molecule has 0 rings (SSSR count). The molecule has 5 N–H and O–H groups in total. The maximum absolute atomic E-state index is 11.9. The number of hydrogen-bond donors (Lipinski definition) is 3. The van der Waals surface area contributed by atoms with E-state index in [2.05, 4.69) is 13.8 Å². The smallest absolute Gasteiger partial charge is 0.323 e. The van der Waals surface area contributed by atoms with E-state index in [4.69, 9.17) is 21.3 Å². The fourth-order valence-electron chi connectivity index (χ4n) is 3.26. The largest absolute Gasteiger partial charge is 0.480 e. The Kier molecular flexibility index (Phi) is 22.0. The molecule has 0 aliphatic rings. The zero-order valence-electron chi connectivity index (χ0n) is 20.4. The van der Waals surface area contributed by atoms with Crippen LogP contribution >= 0.6 is 21.6 Å². The zero-order valence-corrected chi connectivity index (χ0v) is 22.0. The number of hydrogen-bond acceptors (Lipinski definition) is 7. The molecule has 2 atom stereocenters. The van der Waals surface area contributed by atoms with Crippen molar-refractivity contribution in [3.05, 3.63) is 0 Å². The number of carboxylic acid groups (broad SMARTS) is 1. The van der Waals surface area contributed by atoms with Crippen LogP contribution in [0.2, 0.25) is 0 Å². The summed E-state index contributed by atoms with van der Waals surface area (Å²) in [6.07, 6.45) is 18.2. The predicted molar refractivity (Wildman–Crippen MR) is 139 cm³/mol. The number of carbonyl (C=O) groups excluding carboxylic acids is 1. The van der Waals surface area contributed by atoms with Crippen LogP contribution in [0.15, 0.2) is 0 Å². The zero-order chi connectivity index (χ0) is 24.0. The van der Waals surface area contributed by atoms with Gasteiger partial charge in [-0.1, -0.05) is 119 Å². The quantitative estimate of drug-likeness (QED) is 0.0935. The maximum atomic E-state index is 11.9. The minimum atomic E-state index is -1.03. The molecule has 0 bridgehead atoms. The fourth-order valence-corrected chi connectivity index (χ4v) is 5.48. The van der Waals surface area contributed by atoms with E-state index in [0.29, 0.717) is 12.4 Å². The molecule has 0 aromatic heterocycles. The average molecular weight is 493 g/mol.